The molecule has 0 heterocycles. The van der Waals surface area contributed by atoms with Crippen LogP contribution in [0.25, 0.3) is 0 Å². The van der Waals surface area contributed by atoms with Gasteiger partial charge in [0.2, 0.25) is 0 Å². The van der Waals surface area contributed by atoms with Crippen LogP contribution in [0.1, 0.15) is 113 Å². The fourth-order valence-corrected chi connectivity index (χ4v) is 11.2. The second-order valence-electron chi connectivity index (χ2n) is 15.4. The van der Waals surface area contributed by atoms with Crippen LogP contribution in [0.5, 0.6) is 0 Å². The second kappa shape index (κ2) is 6.74. The van der Waals surface area contributed by atoms with Gasteiger partial charge < -0.3 is 5.11 Å². The van der Waals surface area contributed by atoms with Crippen LogP contribution in [0.3, 0.4) is 0 Å². The lowest BCUT2D eigenvalue weighted by molar-refractivity contribution is -0.276. The van der Waals surface area contributed by atoms with Crippen LogP contribution >= 0.6 is 0 Å². The molecule has 186 valence electrons. The van der Waals surface area contributed by atoms with Gasteiger partial charge in [0.1, 0.15) is 11.6 Å². The molecule has 0 aromatic carbocycles. The summed E-state index contributed by atoms with van der Waals surface area (Å²) in [6, 6.07) is 0. The Kier molecular flexibility index (Phi) is 4.90. The summed E-state index contributed by atoms with van der Waals surface area (Å²) in [5.41, 5.74) is 0.319. The first-order valence-electron chi connectivity index (χ1n) is 13.8. The lowest BCUT2D eigenvalue weighted by atomic mass is 9.29. The molecule has 0 saturated heterocycles. The monoisotopic (exact) mass is 456 g/mol. The molecule has 5 saturated carbocycles. The van der Waals surface area contributed by atoms with Crippen molar-refractivity contribution in [1.82, 2.24) is 0 Å². The number of carbonyl (C=O) groups excluding carboxylic acids is 2. The van der Waals surface area contributed by atoms with Gasteiger partial charge in [0, 0.05) is 11.8 Å². The fourth-order valence-electron chi connectivity index (χ4n) is 11.2. The van der Waals surface area contributed by atoms with Crippen LogP contribution in [-0.2, 0) is 9.59 Å². The number of hydrogen-bond donors (Lipinski definition) is 1. The van der Waals surface area contributed by atoms with Gasteiger partial charge >= 0.3 is 0 Å². The van der Waals surface area contributed by atoms with E-state index in [4.69, 9.17) is 0 Å². The molecule has 0 aromatic rings. The number of carbonyl (C=O) groups is 2. The van der Waals surface area contributed by atoms with Crippen molar-refractivity contribution >= 4 is 11.6 Å². The molecule has 5 fully saturated rings. The SMILES string of the molecule is C[C@H]1C(=O)CC(=O)[C@H]2[C@]3(C)CC[C@@]4(C)[C@@H]5CC(C)(C)CC[C@]5(C)CC[C@]4(C)[C@@H]3[C@H](O)C[C@@]21C. The van der Waals surface area contributed by atoms with Gasteiger partial charge in [-0.1, -0.05) is 55.4 Å². The molecule has 1 N–H and O–H groups in total. The predicted molar refractivity (Wildman–Crippen MR) is 132 cm³/mol. The van der Waals surface area contributed by atoms with Crippen molar-refractivity contribution in [3.8, 4) is 0 Å². The maximum absolute atomic E-state index is 13.6. The second-order valence-corrected chi connectivity index (χ2v) is 15.4. The molecule has 5 rings (SSSR count). The van der Waals surface area contributed by atoms with E-state index in [2.05, 4.69) is 48.5 Å². The molecular formula is C30H48O3. The van der Waals surface area contributed by atoms with Crippen molar-refractivity contribution in [3.63, 3.8) is 0 Å². The smallest absolute Gasteiger partial charge is 0.144 e. The molecule has 33 heavy (non-hydrogen) atoms. The zero-order valence-electron chi connectivity index (χ0n) is 22.5. The average molecular weight is 457 g/mol. The minimum atomic E-state index is -0.442. The Morgan fingerprint density at radius 1 is 0.727 bits per heavy atom. The van der Waals surface area contributed by atoms with Gasteiger partial charge in [0.25, 0.3) is 0 Å². The Labute approximate surface area is 201 Å². The van der Waals surface area contributed by atoms with Gasteiger partial charge in [-0.2, -0.15) is 0 Å². The van der Waals surface area contributed by atoms with E-state index in [1.165, 1.54) is 25.7 Å². The summed E-state index contributed by atoms with van der Waals surface area (Å²) < 4.78 is 0. The van der Waals surface area contributed by atoms with Gasteiger partial charge in [-0.05, 0) is 95.7 Å². The third-order valence-electron chi connectivity index (χ3n) is 13.3. The van der Waals surface area contributed by atoms with E-state index in [9.17, 15) is 14.7 Å². The molecule has 0 aliphatic heterocycles. The van der Waals surface area contributed by atoms with Crippen molar-refractivity contribution in [2.45, 2.75) is 119 Å². The van der Waals surface area contributed by atoms with E-state index < -0.39 is 11.5 Å². The Bertz CT molecular complexity index is 891. The fraction of sp³-hybridized carbons (Fsp3) is 0.933. The Morgan fingerprint density at radius 2 is 1.33 bits per heavy atom. The van der Waals surface area contributed by atoms with E-state index in [0.717, 1.165) is 19.3 Å². The molecule has 5 aliphatic carbocycles. The van der Waals surface area contributed by atoms with Crippen molar-refractivity contribution in [2.24, 2.45) is 56.2 Å². The van der Waals surface area contributed by atoms with Gasteiger partial charge in [0.15, 0.2) is 0 Å². The van der Waals surface area contributed by atoms with Crippen molar-refractivity contribution in [3.05, 3.63) is 0 Å². The van der Waals surface area contributed by atoms with Crippen LogP contribution in [-0.4, -0.2) is 22.8 Å². The van der Waals surface area contributed by atoms with Crippen molar-refractivity contribution in [2.75, 3.05) is 0 Å². The van der Waals surface area contributed by atoms with Crippen LogP contribution < -0.4 is 0 Å². The maximum atomic E-state index is 13.6. The van der Waals surface area contributed by atoms with Gasteiger partial charge in [-0.15, -0.1) is 0 Å². The Hall–Kier alpha value is -0.700. The molecule has 3 nitrogen and oxygen atoms in total. The largest absolute Gasteiger partial charge is 0.393 e. The highest BCUT2D eigenvalue weighted by Gasteiger charge is 2.74. The zero-order valence-corrected chi connectivity index (χ0v) is 22.5. The summed E-state index contributed by atoms with van der Waals surface area (Å²) in [4.78, 5) is 26.3. The van der Waals surface area contributed by atoms with Gasteiger partial charge in [-0.25, -0.2) is 0 Å². The predicted octanol–water partition coefficient (Wildman–Crippen LogP) is 6.61. The number of hydrogen-bond acceptors (Lipinski definition) is 3. The van der Waals surface area contributed by atoms with Crippen molar-refractivity contribution in [1.29, 1.82) is 0 Å². The summed E-state index contributed by atoms with van der Waals surface area (Å²) in [6.45, 7) is 19.0. The zero-order chi connectivity index (χ0) is 24.4. The average Bonchev–Trinajstić information content (AvgIpc) is 2.69. The molecule has 0 unspecified atom stereocenters. The van der Waals surface area contributed by atoms with E-state index in [1.54, 1.807) is 0 Å². The van der Waals surface area contributed by atoms with E-state index >= 15 is 0 Å². The summed E-state index contributed by atoms with van der Waals surface area (Å²) in [6.07, 6.45) is 8.70. The normalized spacial score (nSPS) is 58.0. The molecule has 0 radical (unpaired) electrons. The number of fused-ring (bicyclic) bond motifs is 7. The number of Topliss-reactive ketones (excluding diaryl/α,β-unsaturated/α-hetero) is 2. The first-order chi connectivity index (χ1) is 15.0. The molecule has 0 bridgehead atoms. The number of ketones is 2. The molecule has 3 heteroatoms. The Balaban J connectivity index is 1.61. The molecule has 10 atom stereocenters. The highest BCUT2D eigenvalue weighted by atomic mass is 16.3. The summed E-state index contributed by atoms with van der Waals surface area (Å²) >= 11 is 0. The highest BCUT2D eigenvalue weighted by Crippen LogP contribution is 2.78. The maximum Gasteiger partial charge on any atom is 0.144 e. The first kappa shape index (κ1) is 24.0. The van der Waals surface area contributed by atoms with Crippen LogP contribution in [0.2, 0.25) is 0 Å². The molecule has 0 amide bonds. The third-order valence-corrected chi connectivity index (χ3v) is 13.3. The molecule has 5 aliphatic rings. The minimum Gasteiger partial charge on any atom is -0.393 e. The number of rotatable bonds is 0. The van der Waals surface area contributed by atoms with Crippen LogP contribution in [0, 0.1) is 56.2 Å². The third kappa shape index (κ3) is 2.84. The van der Waals surface area contributed by atoms with E-state index in [1.807, 2.05) is 6.92 Å². The standard InChI is InChI=1S/C30H48O3/c1-18-19(31)15-20(32)23-27(5)12-14-29(7)22-17-25(2,3)9-10-26(22,4)11-13-30(29,8)24(27)21(33)16-28(18,23)6/h18,21-24,33H,9-17H2,1-8H3/t18-,21+,22+,23-,24+,26+,27-,28+,29-,30+/m0/s1. The van der Waals surface area contributed by atoms with Crippen molar-refractivity contribution < 1.29 is 14.7 Å². The first-order valence-corrected chi connectivity index (χ1v) is 13.8. The lowest BCUT2D eigenvalue weighted by Gasteiger charge is -2.75. The summed E-state index contributed by atoms with van der Waals surface area (Å²) in [5, 5.41) is 11.9. The van der Waals surface area contributed by atoms with Gasteiger partial charge in [-0.3, -0.25) is 9.59 Å². The number of aliphatic hydroxyl groups excluding tert-OH is 1. The quantitative estimate of drug-likeness (QED) is 0.417. The highest BCUT2D eigenvalue weighted by molar-refractivity contribution is 6.04. The summed E-state index contributed by atoms with van der Waals surface area (Å²) in [7, 11) is 0. The van der Waals surface area contributed by atoms with Crippen LogP contribution in [0.15, 0.2) is 0 Å². The topological polar surface area (TPSA) is 54.4 Å². The van der Waals surface area contributed by atoms with E-state index in [0.29, 0.717) is 23.2 Å². The van der Waals surface area contributed by atoms with Gasteiger partial charge in [0.05, 0.1) is 12.5 Å². The number of aliphatic hydroxyl groups is 1. The van der Waals surface area contributed by atoms with E-state index in [-0.39, 0.29) is 52.0 Å². The minimum absolute atomic E-state index is 0.0172. The molecule has 0 aromatic heterocycles. The summed E-state index contributed by atoms with van der Waals surface area (Å²) in [5.74, 6) is 0.774. The lowest BCUT2D eigenvalue weighted by Crippen LogP contribution is -2.72. The Morgan fingerprint density at radius 3 is 2.00 bits per heavy atom. The molecule has 0 spiro atoms. The molecular weight excluding hydrogens is 408 g/mol. The van der Waals surface area contributed by atoms with Crippen LogP contribution in [0.4, 0.5) is 0 Å².